The van der Waals surface area contributed by atoms with Crippen LogP contribution in [0.4, 0.5) is 5.69 Å². The van der Waals surface area contributed by atoms with Crippen molar-refractivity contribution in [1.29, 1.82) is 0 Å². The summed E-state index contributed by atoms with van der Waals surface area (Å²) < 4.78 is 0. The normalized spacial score (nSPS) is 10.2. The van der Waals surface area contributed by atoms with Gasteiger partial charge in [-0.2, -0.15) is 0 Å². The van der Waals surface area contributed by atoms with Crippen LogP contribution in [0.3, 0.4) is 0 Å². The summed E-state index contributed by atoms with van der Waals surface area (Å²) >= 11 is 0. The summed E-state index contributed by atoms with van der Waals surface area (Å²) in [5, 5.41) is 3.11. The Bertz CT molecular complexity index is 322. The molecule has 1 aromatic rings. The van der Waals surface area contributed by atoms with E-state index in [1.54, 1.807) is 4.90 Å². The van der Waals surface area contributed by atoms with Crippen molar-refractivity contribution in [3.05, 3.63) is 30.3 Å². The van der Waals surface area contributed by atoms with Gasteiger partial charge in [-0.3, -0.25) is 4.79 Å². The van der Waals surface area contributed by atoms with Crippen LogP contribution in [-0.2, 0) is 4.79 Å². The van der Waals surface area contributed by atoms with Crippen LogP contribution in [0.5, 0.6) is 0 Å². The molecule has 1 rings (SSSR count). The number of rotatable bonds is 5. The predicted molar refractivity (Wildman–Crippen MR) is 67.4 cm³/mol. The quantitative estimate of drug-likeness (QED) is 0.825. The van der Waals surface area contributed by atoms with E-state index in [2.05, 4.69) is 19.2 Å². The largest absolute Gasteiger partial charge is 0.376 e. The first kappa shape index (κ1) is 12.6. The van der Waals surface area contributed by atoms with Crippen molar-refractivity contribution in [3.8, 4) is 0 Å². The number of hydrogen-bond donors (Lipinski definition) is 1. The van der Waals surface area contributed by atoms with Gasteiger partial charge in [0, 0.05) is 19.3 Å². The summed E-state index contributed by atoms with van der Waals surface area (Å²) in [6.07, 6.45) is 0. The maximum atomic E-state index is 11.7. The summed E-state index contributed by atoms with van der Waals surface area (Å²) in [5.41, 5.74) is 0.980. The number of amides is 1. The summed E-state index contributed by atoms with van der Waals surface area (Å²) in [5.74, 6) is 0.628. The number of benzene rings is 1. The fourth-order valence-electron chi connectivity index (χ4n) is 1.52. The van der Waals surface area contributed by atoms with E-state index in [1.807, 2.05) is 37.4 Å². The molecule has 0 aromatic heterocycles. The van der Waals surface area contributed by atoms with Gasteiger partial charge >= 0.3 is 0 Å². The van der Waals surface area contributed by atoms with Gasteiger partial charge in [-0.25, -0.2) is 0 Å². The minimum atomic E-state index is 0.123. The van der Waals surface area contributed by atoms with E-state index < -0.39 is 0 Å². The van der Waals surface area contributed by atoms with Gasteiger partial charge in [0.2, 0.25) is 5.91 Å². The molecule has 0 radical (unpaired) electrons. The van der Waals surface area contributed by atoms with E-state index in [-0.39, 0.29) is 5.91 Å². The average molecular weight is 220 g/mol. The Morgan fingerprint density at radius 3 is 2.50 bits per heavy atom. The van der Waals surface area contributed by atoms with Gasteiger partial charge in [0.15, 0.2) is 0 Å². The second-order valence-electron chi connectivity index (χ2n) is 4.39. The molecule has 0 aliphatic carbocycles. The Morgan fingerprint density at radius 2 is 1.94 bits per heavy atom. The molecule has 1 N–H and O–H groups in total. The molecule has 1 aromatic carbocycles. The highest BCUT2D eigenvalue weighted by Gasteiger charge is 2.09. The Morgan fingerprint density at radius 1 is 1.31 bits per heavy atom. The minimum Gasteiger partial charge on any atom is -0.376 e. The fraction of sp³-hybridized carbons (Fsp3) is 0.462. The number of likely N-dealkylation sites (N-methyl/N-ethyl adjacent to an activating group) is 1. The van der Waals surface area contributed by atoms with Crippen LogP contribution in [0.1, 0.15) is 13.8 Å². The molecule has 1 amide bonds. The molecular weight excluding hydrogens is 200 g/mol. The number of nitrogens with zero attached hydrogens (tertiary/aromatic N) is 1. The van der Waals surface area contributed by atoms with Crippen LogP contribution >= 0.6 is 0 Å². The Labute approximate surface area is 97.5 Å². The Balaban J connectivity index is 2.35. The van der Waals surface area contributed by atoms with Gasteiger partial charge in [0.05, 0.1) is 6.54 Å². The molecule has 16 heavy (non-hydrogen) atoms. The lowest BCUT2D eigenvalue weighted by Crippen LogP contribution is -2.34. The van der Waals surface area contributed by atoms with Crippen molar-refractivity contribution < 1.29 is 4.79 Å². The van der Waals surface area contributed by atoms with E-state index in [1.165, 1.54) is 0 Å². The van der Waals surface area contributed by atoms with Gasteiger partial charge in [-0.15, -0.1) is 0 Å². The van der Waals surface area contributed by atoms with Gasteiger partial charge in [0.25, 0.3) is 0 Å². The van der Waals surface area contributed by atoms with E-state index >= 15 is 0 Å². The smallest absolute Gasteiger partial charge is 0.241 e. The molecule has 0 bridgehead atoms. The Hall–Kier alpha value is -1.51. The van der Waals surface area contributed by atoms with E-state index in [4.69, 9.17) is 0 Å². The third-order valence-corrected chi connectivity index (χ3v) is 2.28. The molecule has 0 fully saturated rings. The van der Waals surface area contributed by atoms with Gasteiger partial charge in [-0.05, 0) is 18.1 Å². The predicted octanol–water partition coefficient (Wildman–Crippen LogP) is 2.21. The third kappa shape index (κ3) is 4.34. The number of para-hydroxylation sites is 1. The molecule has 0 saturated carbocycles. The lowest BCUT2D eigenvalue weighted by Gasteiger charge is -2.19. The van der Waals surface area contributed by atoms with Crippen LogP contribution in [0.2, 0.25) is 0 Å². The number of nitrogens with one attached hydrogen (secondary N) is 1. The van der Waals surface area contributed by atoms with Gasteiger partial charge in [-0.1, -0.05) is 32.0 Å². The highest BCUT2D eigenvalue weighted by Crippen LogP contribution is 2.04. The van der Waals surface area contributed by atoms with Crippen LogP contribution < -0.4 is 5.32 Å². The zero-order valence-electron chi connectivity index (χ0n) is 10.2. The zero-order chi connectivity index (χ0) is 12.0. The van der Waals surface area contributed by atoms with Gasteiger partial charge < -0.3 is 10.2 Å². The van der Waals surface area contributed by atoms with Crippen LogP contribution in [0.15, 0.2) is 30.3 Å². The van der Waals surface area contributed by atoms with Crippen molar-refractivity contribution in [3.63, 3.8) is 0 Å². The van der Waals surface area contributed by atoms with E-state index in [0.717, 1.165) is 12.2 Å². The number of carbonyl (C=O) groups is 1. The second kappa shape index (κ2) is 6.16. The lowest BCUT2D eigenvalue weighted by molar-refractivity contribution is -0.128. The topological polar surface area (TPSA) is 32.3 Å². The first-order valence-corrected chi connectivity index (χ1v) is 5.62. The third-order valence-electron chi connectivity index (χ3n) is 2.28. The molecule has 88 valence electrons. The van der Waals surface area contributed by atoms with Crippen LogP contribution in [0, 0.1) is 5.92 Å². The summed E-state index contributed by atoms with van der Waals surface area (Å²) in [7, 11) is 1.84. The molecule has 0 spiro atoms. The highest BCUT2D eigenvalue weighted by molar-refractivity contribution is 5.80. The minimum absolute atomic E-state index is 0.123. The maximum Gasteiger partial charge on any atom is 0.241 e. The molecule has 3 nitrogen and oxygen atoms in total. The first-order chi connectivity index (χ1) is 7.59. The summed E-state index contributed by atoms with van der Waals surface area (Å²) in [6, 6.07) is 9.76. The van der Waals surface area contributed by atoms with Crippen LogP contribution in [0.25, 0.3) is 0 Å². The molecule has 0 atom stereocenters. The average Bonchev–Trinajstić information content (AvgIpc) is 2.26. The van der Waals surface area contributed by atoms with Crippen LogP contribution in [-0.4, -0.2) is 30.9 Å². The monoisotopic (exact) mass is 220 g/mol. The van der Waals surface area contributed by atoms with Crippen molar-refractivity contribution in [2.45, 2.75) is 13.8 Å². The molecule has 0 unspecified atom stereocenters. The van der Waals surface area contributed by atoms with Gasteiger partial charge in [0.1, 0.15) is 0 Å². The van der Waals surface area contributed by atoms with Crippen molar-refractivity contribution in [1.82, 2.24) is 4.90 Å². The summed E-state index contributed by atoms with van der Waals surface area (Å²) in [4.78, 5) is 13.5. The van der Waals surface area contributed by atoms with E-state index in [9.17, 15) is 4.79 Å². The fourth-order valence-corrected chi connectivity index (χ4v) is 1.52. The molecule has 0 saturated heterocycles. The highest BCUT2D eigenvalue weighted by atomic mass is 16.2. The standard InChI is InChI=1S/C13H20N2O/c1-11(2)10-15(3)13(16)9-14-12-7-5-4-6-8-12/h4-8,11,14H,9-10H2,1-3H3. The zero-order valence-corrected chi connectivity index (χ0v) is 10.2. The SMILES string of the molecule is CC(C)CN(C)C(=O)CNc1ccccc1. The Kier molecular flexibility index (Phi) is 4.83. The van der Waals surface area contributed by atoms with Crippen molar-refractivity contribution >= 4 is 11.6 Å². The first-order valence-electron chi connectivity index (χ1n) is 5.62. The molecule has 0 aliphatic heterocycles. The second-order valence-corrected chi connectivity index (χ2v) is 4.39. The lowest BCUT2D eigenvalue weighted by atomic mass is 10.2. The van der Waals surface area contributed by atoms with Crippen molar-refractivity contribution in [2.75, 3.05) is 25.5 Å². The van der Waals surface area contributed by atoms with Crippen molar-refractivity contribution in [2.24, 2.45) is 5.92 Å². The number of carbonyl (C=O) groups excluding carboxylic acids is 1. The molecular formula is C13H20N2O. The number of hydrogen-bond acceptors (Lipinski definition) is 2. The molecule has 0 aliphatic rings. The maximum absolute atomic E-state index is 11.7. The van der Waals surface area contributed by atoms with E-state index in [0.29, 0.717) is 12.5 Å². The summed E-state index contributed by atoms with van der Waals surface area (Å²) in [6.45, 7) is 5.37. The molecule has 3 heteroatoms. The molecule has 0 heterocycles. The number of anilines is 1.